The highest BCUT2D eigenvalue weighted by molar-refractivity contribution is 5.67. The van der Waals surface area contributed by atoms with Gasteiger partial charge < -0.3 is 10.8 Å². The molecule has 2 aromatic rings. The van der Waals surface area contributed by atoms with Crippen LogP contribution in [0, 0.1) is 0 Å². The van der Waals surface area contributed by atoms with Crippen molar-refractivity contribution in [3.05, 3.63) is 48.3 Å². The molecule has 0 saturated heterocycles. The number of hydrogen-bond donors (Lipinski definition) is 2. The predicted octanol–water partition coefficient (Wildman–Crippen LogP) is 1.22. The van der Waals surface area contributed by atoms with Gasteiger partial charge in [-0.05, 0) is 30.2 Å². The van der Waals surface area contributed by atoms with Gasteiger partial charge in [0.1, 0.15) is 0 Å². The van der Waals surface area contributed by atoms with Crippen LogP contribution in [0.1, 0.15) is 12.0 Å². The Bertz CT molecular complexity index is 506. The molecule has 0 amide bonds. The molecule has 3 N–H and O–H groups in total. The van der Waals surface area contributed by atoms with Crippen LogP contribution in [0.4, 0.5) is 0 Å². The number of aliphatic carboxylic acids is 1. The van der Waals surface area contributed by atoms with Crippen LogP contribution >= 0.6 is 0 Å². The molecule has 0 radical (unpaired) electrons. The number of benzene rings is 1. The second-order valence-corrected chi connectivity index (χ2v) is 4.18. The van der Waals surface area contributed by atoms with Crippen LogP contribution in [0.5, 0.6) is 0 Å². The van der Waals surface area contributed by atoms with Gasteiger partial charge in [0.2, 0.25) is 0 Å². The fourth-order valence-corrected chi connectivity index (χ4v) is 1.81. The number of carboxylic acids is 1. The summed E-state index contributed by atoms with van der Waals surface area (Å²) >= 11 is 0. The van der Waals surface area contributed by atoms with Crippen molar-refractivity contribution in [2.24, 2.45) is 5.73 Å². The molecule has 0 unspecified atom stereocenters. The Labute approximate surface area is 105 Å². The van der Waals surface area contributed by atoms with Gasteiger partial charge in [0.25, 0.3) is 0 Å². The molecule has 5 heteroatoms. The zero-order valence-corrected chi connectivity index (χ0v) is 9.86. The Kier molecular flexibility index (Phi) is 3.74. The lowest BCUT2D eigenvalue weighted by atomic mass is 10.0. The van der Waals surface area contributed by atoms with Gasteiger partial charge in [0, 0.05) is 18.4 Å². The lowest BCUT2D eigenvalue weighted by Gasteiger charge is -2.09. The van der Waals surface area contributed by atoms with Gasteiger partial charge in [-0.3, -0.25) is 4.79 Å². The lowest BCUT2D eigenvalue weighted by Crippen LogP contribution is -2.26. The Morgan fingerprint density at radius 2 is 2.11 bits per heavy atom. The van der Waals surface area contributed by atoms with Gasteiger partial charge in [0.15, 0.2) is 0 Å². The maximum atomic E-state index is 10.5. The average Bonchev–Trinajstić information content (AvgIpc) is 2.82. The minimum Gasteiger partial charge on any atom is -0.481 e. The fourth-order valence-electron chi connectivity index (χ4n) is 1.81. The monoisotopic (exact) mass is 245 g/mol. The minimum absolute atomic E-state index is 0.0130. The van der Waals surface area contributed by atoms with E-state index in [-0.39, 0.29) is 12.5 Å². The number of nitrogens with zero attached hydrogens (tertiary/aromatic N) is 2. The summed E-state index contributed by atoms with van der Waals surface area (Å²) in [6.45, 7) is 0. The zero-order chi connectivity index (χ0) is 13.0. The van der Waals surface area contributed by atoms with Gasteiger partial charge in [-0.15, -0.1) is 0 Å². The van der Waals surface area contributed by atoms with Gasteiger partial charge in [0.05, 0.1) is 12.1 Å². The van der Waals surface area contributed by atoms with E-state index < -0.39 is 5.97 Å². The topological polar surface area (TPSA) is 81.1 Å². The van der Waals surface area contributed by atoms with Crippen LogP contribution in [0.25, 0.3) is 5.69 Å². The number of aromatic nitrogens is 2. The molecule has 18 heavy (non-hydrogen) atoms. The smallest absolute Gasteiger partial charge is 0.304 e. The lowest BCUT2D eigenvalue weighted by molar-refractivity contribution is -0.137. The Hall–Kier alpha value is -2.14. The number of nitrogens with two attached hydrogens (primary N) is 1. The van der Waals surface area contributed by atoms with Gasteiger partial charge in [-0.25, -0.2) is 4.68 Å². The quantitative estimate of drug-likeness (QED) is 0.829. The van der Waals surface area contributed by atoms with Gasteiger partial charge in [-0.2, -0.15) is 5.10 Å². The third-order valence-electron chi connectivity index (χ3n) is 2.64. The van der Waals surface area contributed by atoms with Crippen LogP contribution in [-0.2, 0) is 11.2 Å². The second-order valence-electron chi connectivity index (χ2n) is 4.18. The highest BCUT2D eigenvalue weighted by atomic mass is 16.4. The zero-order valence-electron chi connectivity index (χ0n) is 9.86. The average molecular weight is 245 g/mol. The number of rotatable bonds is 5. The standard InChI is InChI=1S/C13H15N3O2/c14-11(9-13(17)18)8-10-2-4-12(5-3-10)16-7-1-6-15-16/h1-7,11H,8-9,14H2,(H,17,18)/t11-/m1/s1. The van der Waals surface area contributed by atoms with E-state index >= 15 is 0 Å². The normalized spacial score (nSPS) is 12.3. The molecule has 94 valence electrons. The molecule has 1 atom stereocenters. The summed E-state index contributed by atoms with van der Waals surface area (Å²) in [4.78, 5) is 10.5. The largest absolute Gasteiger partial charge is 0.481 e. The summed E-state index contributed by atoms with van der Waals surface area (Å²) < 4.78 is 1.76. The first kappa shape index (κ1) is 12.3. The van der Waals surface area contributed by atoms with Gasteiger partial charge in [-0.1, -0.05) is 12.1 Å². The van der Waals surface area contributed by atoms with E-state index in [9.17, 15) is 4.79 Å². The van der Waals surface area contributed by atoms with Gasteiger partial charge >= 0.3 is 5.97 Å². The van der Waals surface area contributed by atoms with E-state index in [2.05, 4.69) is 5.10 Å². The van der Waals surface area contributed by atoms with Crippen molar-refractivity contribution in [1.82, 2.24) is 9.78 Å². The summed E-state index contributed by atoms with van der Waals surface area (Å²) in [5, 5.41) is 12.8. The molecule has 0 saturated carbocycles. The minimum atomic E-state index is -0.865. The van der Waals surface area contributed by atoms with Crippen LogP contribution in [-0.4, -0.2) is 26.9 Å². The van der Waals surface area contributed by atoms with E-state index in [1.807, 2.05) is 36.5 Å². The van der Waals surface area contributed by atoms with Crippen molar-refractivity contribution in [2.45, 2.75) is 18.9 Å². The van der Waals surface area contributed by atoms with E-state index in [1.165, 1.54) is 0 Å². The summed E-state index contributed by atoms with van der Waals surface area (Å²) in [7, 11) is 0. The SMILES string of the molecule is N[C@@H](CC(=O)O)Cc1ccc(-n2cccn2)cc1. The number of hydrogen-bond acceptors (Lipinski definition) is 3. The van der Waals surface area contributed by atoms with E-state index in [0.29, 0.717) is 6.42 Å². The molecule has 1 heterocycles. The third kappa shape index (κ3) is 3.18. The Balaban J connectivity index is 2.02. The van der Waals surface area contributed by atoms with Crippen molar-refractivity contribution >= 4 is 5.97 Å². The molecule has 0 aliphatic rings. The second kappa shape index (κ2) is 5.46. The summed E-state index contributed by atoms with van der Waals surface area (Å²) in [6.07, 6.45) is 4.13. The van der Waals surface area contributed by atoms with Crippen LogP contribution < -0.4 is 5.73 Å². The molecule has 0 aliphatic carbocycles. The summed E-state index contributed by atoms with van der Waals surface area (Å²) in [5.74, 6) is -0.865. The Morgan fingerprint density at radius 3 is 2.67 bits per heavy atom. The van der Waals surface area contributed by atoms with E-state index in [0.717, 1.165) is 11.3 Å². The number of carboxylic acid groups (broad SMARTS) is 1. The molecule has 1 aromatic heterocycles. The molecule has 0 spiro atoms. The molecular formula is C13H15N3O2. The van der Waals surface area contributed by atoms with Crippen molar-refractivity contribution in [3.63, 3.8) is 0 Å². The summed E-state index contributed by atoms with van der Waals surface area (Å²) in [6, 6.07) is 9.28. The fraction of sp³-hybridized carbons (Fsp3) is 0.231. The molecule has 0 fully saturated rings. The van der Waals surface area contributed by atoms with Crippen LogP contribution in [0.15, 0.2) is 42.7 Å². The first-order chi connectivity index (χ1) is 8.65. The molecule has 2 rings (SSSR count). The van der Waals surface area contributed by atoms with Crippen molar-refractivity contribution in [1.29, 1.82) is 0 Å². The van der Waals surface area contributed by atoms with E-state index in [1.54, 1.807) is 10.9 Å². The van der Waals surface area contributed by atoms with Crippen LogP contribution in [0.3, 0.4) is 0 Å². The maximum Gasteiger partial charge on any atom is 0.304 e. The summed E-state index contributed by atoms with van der Waals surface area (Å²) in [5.41, 5.74) is 7.74. The predicted molar refractivity (Wildman–Crippen MR) is 67.5 cm³/mol. The molecule has 5 nitrogen and oxygen atoms in total. The highest BCUT2D eigenvalue weighted by Gasteiger charge is 2.08. The molecule has 1 aromatic carbocycles. The third-order valence-corrected chi connectivity index (χ3v) is 2.64. The van der Waals surface area contributed by atoms with Crippen LogP contribution in [0.2, 0.25) is 0 Å². The Morgan fingerprint density at radius 1 is 1.39 bits per heavy atom. The van der Waals surface area contributed by atoms with Crippen molar-refractivity contribution in [2.75, 3.05) is 0 Å². The van der Waals surface area contributed by atoms with E-state index in [4.69, 9.17) is 10.8 Å². The maximum absolute atomic E-state index is 10.5. The molecule has 0 aliphatic heterocycles. The van der Waals surface area contributed by atoms with Crippen molar-refractivity contribution < 1.29 is 9.90 Å². The molecular weight excluding hydrogens is 230 g/mol. The number of carbonyl (C=O) groups is 1. The highest BCUT2D eigenvalue weighted by Crippen LogP contribution is 2.10. The first-order valence-corrected chi connectivity index (χ1v) is 5.71. The first-order valence-electron chi connectivity index (χ1n) is 5.71. The molecule has 0 bridgehead atoms. The van der Waals surface area contributed by atoms with Crippen molar-refractivity contribution in [3.8, 4) is 5.69 Å².